The maximum Gasteiger partial charge on any atom is 0.303 e. The fraction of sp³-hybridized carbons (Fsp3) is 0.370. The molecule has 1 saturated heterocycles. The summed E-state index contributed by atoms with van der Waals surface area (Å²) in [6, 6.07) is 5.04. The molecule has 4 rings (SSSR count). The first-order valence-corrected chi connectivity index (χ1v) is 11.9. The van der Waals surface area contributed by atoms with E-state index in [0.717, 1.165) is 26.8 Å². The standard InChI is InChI=1S/C27H26O12/c1-10-6-16-20(18(31)7-10)23(34)21-17(22(16)33)8-15(9-19(21)32)39-27-26(38-14(5)30)25(37-13(4)29)24(11(2)35-27)36-12(3)28/h6-9,11,24-27,31-32H,1-5H3/t11-,24-,25+,26+,27-/m0/s1. The summed E-state index contributed by atoms with van der Waals surface area (Å²) in [5.74, 6) is -4.76. The lowest BCUT2D eigenvalue weighted by Gasteiger charge is -2.43. The van der Waals surface area contributed by atoms with E-state index in [1.54, 1.807) is 6.92 Å². The molecule has 0 unspecified atom stereocenters. The van der Waals surface area contributed by atoms with Gasteiger partial charge in [-0.15, -0.1) is 0 Å². The van der Waals surface area contributed by atoms with Gasteiger partial charge in [-0.25, -0.2) is 0 Å². The van der Waals surface area contributed by atoms with Gasteiger partial charge in [0.1, 0.15) is 17.2 Å². The zero-order valence-electron chi connectivity index (χ0n) is 21.7. The number of benzene rings is 2. The smallest absolute Gasteiger partial charge is 0.303 e. The lowest BCUT2D eigenvalue weighted by Crippen LogP contribution is -2.62. The van der Waals surface area contributed by atoms with Crippen LogP contribution in [0.3, 0.4) is 0 Å². The molecule has 1 fully saturated rings. The second-order valence-corrected chi connectivity index (χ2v) is 9.28. The van der Waals surface area contributed by atoms with E-state index in [9.17, 15) is 34.2 Å². The third-order valence-corrected chi connectivity index (χ3v) is 6.18. The van der Waals surface area contributed by atoms with Gasteiger partial charge in [-0.3, -0.25) is 24.0 Å². The Bertz CT molecular complexity index is 1390. The van der Waals surface area contributed by atoms with E-state index in [-0.39, 0.29) is 33.8 Å². The molecule has 0 bridgehead atoms. The quantitative estimate of drug-likeness (QED) is 0.356. The number of carbonyl (C=O) groups is 5. The van der Waals surface area contributed by atoms with Crippen molar-refractivity contribution in [1.29, 1.82) is 0 Å². The Kier molecular flexibility index (Phi) is 7.33. The van der Waals surface area contributed by atoms with Gasteiger partial charge in [-0.05, 0) is 37.6 Å². The van der Waals surface area contributed by atoms with E-state index in [1.165, 1.54) is 25.1 Å². The summed E-state index contributed by atoms with van der Waals surface area (Å²) < 4.78 is 27.6. The second-order valence-electron chi connectivity index (χ2n) is 9.28. The highest BCUT2D eigenvalue weighted by Crippen LogP contribution is 2.40. The van der Waals surface area contributed by atoms with Crippen LogP contribution in [0.1, 0.15) is 65.1 Å². The average Bonchev–Trinajstić information content (AvgIpc) is 2.80. The molecule has 0 amide bonds. The number of ketones is 2. The molecule has 12 heteroatoms. The summed E-state index contributed by atoms with van der Waals surface area (Å²) in [4.78, 5) is 61.9. The first-order chi connectivity index (χ1) is 18.3. The van der Waals surface area contributed by atoms with Crippen molar-refractivity contribution in [3.63, 3.8) is 0 Å². The number of aryl methyl sites for hydroxylation is 1. The van der Waals surface area contributed by atoms with Gasteiger partial charge in [0.2, 0.25) is 18.2 Å². The van der Waals surface area contributed by atoms with Crippen LogP contribution in [0.25, 0.3) is 0 Å². The van der Waals surface area contributed by atoms with Crippen LogP contribution in [0.15, 0.2) is 24.3 Å². The molecule has 1 aliphatic heterocycles. The zero-order chi connectivity index (χ0) is 28.8. The van der Waals surface area contributed by atoms with Crippen LogP contribution in [0.2, 0.25) is 0 Å². The van der Waals surface area contributed by atoms with Crippen LogP contribution in [0, 0.1) is 6.92 Å². The van der Waals surface area contributed by atoms with Crippen molar-refractivity contribution in [3.8, 4) is 17.2 Å². The van der Waals surface area contributed by atoms with Crippen LogP contribution >= 0.6 is 0 Å². The van der Waals surface area contributed by atoms with Gasteiger partial charge in [0, 0.05) is 38.0 Å². The Morgan fingerprint density at radius 3 is 1.85 bits per heavy atom. The fourth-order valence-corrected chi connectivity index (χ4v) is 4.74. The summed E-state index contributed by atoms with van der Waals surface area (Å²) in [7, 11) is 0. The molecule has 1 heterocycles. The Balaban J connectivity index is 1.74. The van der Waals surface area contributed by atoms with Gasteiger partial charge in [0.15, 0.2) is 18.0 Å². The second kappa shape index (κ2) is 10.4. The van der Waals surface area contributed by atoms with Crippen LogP contribution in [-0.4, -0.2) is 70.4 Å². The van der Waals surface area contributed by atoms with E-state index >= 15 is 0 Å². The molecule has 5 atom stereocenters. The van der Waals surface area contributed by atoms with E-state index in [1.807, 2.05) is 0 Å². The number of hydrogen-bond acceptors (Lipinski definition) is 12. The van der Waals surface area contributed by atoms with E-state index < -0.39 is 65.9 Å². The number of aromatic hydroxyl groups is 2. The molecule has 0 radical (unpaired) electrons. The minimum absolute atomic E-state index is 0.0407. The predicted molar refractivity (Wildman–Crippen MR) is 129 cm³/mol. The van der Waals surface area contributed by atoms with Crippen molar-refractivity contribution in [1.82, 2.24) is 0 Å². The number of carbonyl (C=O) groups excluding carboxylic acids is 5. The highest BCUT2D eigenvalue weighted by atomic mass is 16.7. The number of ether oxygens (including phenoxy) is 5. The van der Waals surface area contributed by atoms with Crippen LogP contribution in [-0.2, 0) is 33.3 Å². The Morgan fingerprint density at radius 2 is 1.26 bits per heavy atom. The van der Waals surface area contributed by atoms with Gasteiger partial charge >= 0.3 is 17.9 Å². The third kappa shape index (κ3) is 5.28. The monoisotopic (exact) mass is 542 g/mol. The topological polar surface area (TPSA) is 172 Å². The molecule has 2 aliphatic rings. The molecule has 0 saturated carbocycles. The number of esters is 3. The molecule has 2 N–H and O–H groups in total. The van der Waals surface area contributed by atoms with Gasteiger partial charge in [0.05, 0.1) is 17.2 Å². The molecule has 0 spiro atoms. The number of hydrogen-bond donors (Lipinski definition) is 2. The first-order valence-electron chi connectivity index (χ1n) is 11.9. The van der Waals surface area contributed by atoms with Crippen molar-refractivity contribution < 1.29 is 57.9 Å². The molecule has 206 valence electrons. The highest BCUT2D eigenvalue weighted by molar-refractivity contribution is 6.30. The molecule has 1 aliphatic carbocycles. The lowest BCUT2D eigenvalue weighted by molar-refractivity contribution is -0.280. The van der Waals surface area contributed by atoms with Crippen LogP contribution < -0.4 is 4.74 Å². The van der Waals surface area contributed by atoms with Gasteiger partial charge in [-0.1, -0.05) is 0 Å². The van der Waals surface area contributed by atoms with Crippen molar-refractivity contribution in [2.45, 2.75) is 65.3 Å². The molecule has 2 aromatic carbocycles. The molecular formula is C27H26O12. The minimum Gasteiger partial charge on any atom is -0.507 e. The normalized spacial score (nSPS) is 23.8. The Hall–Kier alpha value is -4.45. The number of fused-ring (bicyclic) bond motifs is 2. The molecular weight excluding hydrogens is 516 g/mol. The summed E-state index contributed by atoms with van der Waals surface area (Å²) in [5.41, 5.74) is -0.223. The van der Waals surface area contributed by atoms with Crippen molar-refractivity contribution in [3.05, 3.63) is 52.1 Å². The van der Waals surface area contributed by atoms with Crippen molar-refractivity contribution in [2.24, 2.45) is 0 Å². The molecule has 0 aromatic heterocycles. The Labute approximate surface area is 222 Å². The Morgan fingerprint density at radius 1 is 0.744 bits per heavy atom. The zero-order valence-corrected chi connectivity index (χ0v) is 21.7. The van der Waals surface area contributed by atoms with E-state index in [0.29, 0.717) is 5.56 Å². The van der Waals surface area contributed by atoms with Crippen molar-refractivity contribution in [2.75, 3.05) is 0 Å². The maximum absolute atomic E-state index is 13.3. The first kappa shape index (κ1) is 27.6. The summed E-state index contributed by atoms with van der Waals surface area (Å²) in [5, 5.41) is 21.0. The van der Waals surface area contributed by atoms with Crippen molar-refractivity contribution >= 4 is 29.5 Å². The largest absolute Gasteiger partial charge is 0.507 e. The summed E-state index contributed by atoms with van der Waals surface area (Å²) >= 11 is 0. The maximum atomic E-state index is 13.3. The number of phenolic OH excluding ortho intramolecular Hbond substituents is 2. The SMILES string of the molecule is CC(=O)O[C@@H]1[C@@H](OC(C)=O)[C@H](C)O[C@@H](Oc2cc(O)c3c(c2)C(=O)c2cc(C)cc(O)c2C3=O)[C@@H]1OC(C)=O. The van der Waals surface area contributed by atoms with Gasteiger partial charge in [-0.2, -0.15) is 0 Å². The molecule has 39 heavy (non-hydrogen) atoms. The minimum atomic E-state index is -1.45. The predicted octanol–water partition coefficient (Wildman–Crippen LogP) is 2.10. The number of rotatable bonds is 5. The fourth-order valence-electron chi connectivity index (χ4n) is 4.74. The van der Waals surface area contributed by atoms with Crippen LogP contribution in [0.4, 0.5) is 0 Å². The van der Waals surface area contributed by atoms with Gasteiger partial charge < -0.3 is 33.9 Å². The third-order valence-electron chi connectivity index (χ3n) is 6.18. The van der Waals surface area contributed by atoms with Crippen LogP contribution in [0.5, 0.6) is 17.2 Å². The molecule has 12 nitrogen and oxygen atoms in total. The van der Waals surface area contributed by atoms with Gasteiger partial charge in [0.25, 0.3) is 0 Å². The molecule has 2 aromatic rings. The van der Waals surface area contributed by atoms with E-state index in [2.05, 4.69) is 0 Å². The highest BCUT2D eigenvalue weighted by Gasteiger charge is 2.51. The summed E-state index contributed by atoms with van der Waals surface area (Å²) in [6.07, 6.45) is -6.27. The summed E-state index contributed by atoms with van der Waals surface area (Å²) in [6.45, 7) is 6.53. The number of phenols is 2. The van der Waals surface area contributed by atoms with E-state index in [4.69, 9.17) is 23.7 Å². The average molecular weight is 542 g/mol. The lowest BCUT2D eigenvalue weighted by atomic mass is 9.82.